The van der Waals surface area contributed by atoms with Gasteiger partial charge in [-0.25, -0.2) is 0 Å². The fourth-order valence-electron chi connectivity index (χ4n) is 1.59. The smallest absolute Gasteiger partial charge is 0.371 e. The molecule has 1 nitrogen and oxygen atoms in total. The Morgan fingerprint density at radius 2 is 1.12 bits per heavy atom. The van der Waals surface area contributed by atoms with Crippen molar-refractivity contribution in [3.05, 3.63) is 70.2 Å². The van der Waals surface area contributed by atoms with Crippen molar-refractivity contribution in [3.8, 4) is 0 Å². The van der Waals surface area contributed by atoms with Gasteiger partial charge in [-0.3, -0.25) is 0 Å². The van der Waals surface area contributed by atoms with Crippen LogP contribution in [0.25, 0.3) is 0 Å². The van der Waals surface area contributed by atoms with Crippen molar-refractivity contribution in [1.82, 2.24) is 0 Å². The molecule has 0 heterocycles. The molecule has 2 aromatic rings. The van der Waals surface area contributed by atoms with E-state index in [1.54, 1.807) is 0 Å². The van der Waals surface area contributed by atoms with Crippen LogP contribution in [0.1, 0.15) is 5.56 Å². The quantitative estimate of drug-likeness (QED) is 0.460. The van der Waals surface area contributed by atoms with Gasteiger partial charge in [-0.1, -0.05) is 53.5 Å². The first kappa shape index (κ1) is 21.0. The van der Waals surface area contributed by atoms with Crippen LogP contribution >= 0.6 is 34.8 Å². The minimum Gasteiger partial charge on any atom is -0.371 e. The number of aliphatic hydroxyl groups is 1. The van der Waals surface area contributed by atoms with Crippen LogP contribution in [0.15, 0.2) is 54.6 Å². The van der Waals surface area contributed by atoms with E-state index in [1.165, 1.54) is 0 Å². The van der Waals surface area contributed by atoms with E-state index in [-0.39, 0.29) is 5.02 Å². The van der Waals surface area contributed by atoms with E-state index in [2.05, 4.69) is 11.6 Å². The van der Waals surface area contributed by atoms with Crippen LogP contribution in [0.5, 0.6) is 0 Å². The lowest BCUT2D eigenvalue weighted by Crippen LogP contribution is -2.53. The number of alkyl halides is 6. The molecule has 2 aromatic carbocycles. The number of hydrogen-bond donors (Lipinski definition) is 1. The topological polar surface area (TPSA) is 20.2 Å². The highest BCUT2D eigenvalue weighted by molar-refractivity contribution is 6.30. The van der Waals surface area contributed by atoms with Gasteiger partial charge in [0, 0.05) is 15.6 Å². The zero-order valence-corrected chi connectivity index (χ0v) is 13.9. The summed E-state index contributed by atoms with van der Waals surface area (Å²) in [5.74, 6) is 0. The first-order valence-corrected chi connectivity index (χ1v) is 7.35. The summed E-state index contributed by atoms with van der Waals surface area (Å²) in [6.07, 6.45) is -5.63. The molecule has 0 aliphatic rings. The van der Waals surface area contributed by atoms with Gasteiger partial charge in [-0.05, 0) is 35.9 Å². The second-order valence-corrected chi connectivity index (χ2v) is 5.86. The van der Waals surface area contributed by atoms with E-state index in [0.717, 1.165) is 17.2 Å². The number of halogens is 8. The molecule has 24 heavy (non-hydrogen) atoms. The Kier molecular flexibility index (Phi) is 6.87. The van der Waals surface area contributed by atoms with Crippen LogP contribution < -0.4 is 0 Å². The Bertz CT molecular complexity index is 625. The predicted molar refractivity (Wildman–Crippen MR) is 83.7 cm³/mol. The highest BCUT2D eigenvalue weighted by Gasteiger charge is 2.69. The van der Waals surface area contributed by atoms with E-state index >= 15 is 0 Å². The minimum absolute atomic E-state index is 0.0381. The maximum Gasteiger partial charge on any atom is 0.428 e. The van der Waals surface area contributed by atoms with Crippen LogP contribution in [0.3, 0.4) is 0 Å². The second kappa shape index (κ2) is 7.87. The number of rotatable bonds is 2. The van der Waals surface area contributed by atoms with Gasteiger partial charge in [0.15, 0.2) is 0 Å². The molecule has 1 unspecified atom stereocenters. The lowest BCUT2D eigenvalue weighted by molar-refractivity contribution is -0.317. The maximum absolute atomic E-state index is 12.8. The van der Waals surface area contributed by atoms with Crippen molar-refractivity contribution in [2.75, 3.05) is 0 Å². The van der Waals surface area contributed by atoms with E-state index in [4.69, 9.17) is 23.2 Å². The Balaban J connectivity index is 0.000000341. The van der Waals surface area contributed by atoms with Gasteiger partial charge >= 0.3 is 11.6 Å². The van der Waals surface area contributed by atoms with Crippen LogP contribution in [0.4, 0.5) is 22.0 Å². The van der Waals surface area contributed by atoms with Crippen molar-refractivity contribution in [2.45, 2.75) is 17.2 Å². The number of hydrogen-bond acceptors (Lipinski definition) is 1. The summed E-state index contributed by atoms with van der Waals surface area (Å²) >= 11 is 15.3. The fourth-order valence-corrected chi connectivity index (χ4v) is 2.08. The van der Waals surface area contributed by atoms with Crippen LogP contribution in [-0.4, -0.2) is 16.7 Å². The van der Waals surface area contributed by atoms with Gasteiger partial charge < -0.3 is 5.11 Å². The Morgan fingerprint density at radius 1 is 0.708 bits per heavy atom. The van der Waals surface area contributed by atoms with Gasteiger partial charge in [0.25, 0.3) is 5.60 Å². The molecular weight excluding hydrogens is 398 g/mol. The molecule has 2 rings (SSSR count). The Labute approximate surface area is 149 Å². The van der Waals surface area contributed by atoms with Gasteiger partial charge in [0.05, 0.1) is 0 Å². The Hall–Kier alpha value is -1.08. The van der Waals surface area contributed by atoms with Crippen LogP contribution in [0.2, 0.25) is 10.0 Å². The highest BCUT2D eigenvalue weighted by atomic mass is 35.5. The van der Waals surface area contributed by atoms with Crippen molar-refractivity contribution in [2.24, 2.45) is 0 Å². The summed E-state index contributed by atoms with van der Waals surface area (Å²) in [4.78, 5) is 0. The summed E-state index contributed by atoms with van der Waals surface area (Å²) in [6, 6.07) is 12.6. The SMILES string of the molecule is Clc1ccccc1.OC(c1ccc(Cl)cc1)(C(F)(F)F)C(F)(F)Cl. The molecule has 0 fully saturated rings. The van der Waals surface area contributed by atoms with E-state index in [0.29, 0.717) is 12.1 Å². The molecule has 0 aliphatic carbocycles. The third kappa shape index (κ3) is 4.96. The third-order valence-corrected chi connectivity index (χ3v) is 3.59. The van der Waals surface area contributed by atoms with Gasteiger partial charge in [0.1, 0.15) is 0 Å². The fraction of sp³-hybridized carbons (Fsp3) is 0.200. The molecule has 0 bridgehead atoms. The largest absolute Gasteiger partial charge is 0.428 e. The van der Waals surface area contributed by atoms with Gasteiger partial charge in [0.2, 0.25) is 0 Å². The molecule has 0 spiro atoms. The summed E-state index contributed by atoms with van der Waals surface area (Å²) < 4.78 is 63.2. The predicted octanol–water partition coefficient (Wildman–Crippen LogP) is 6.26. The molecule has 9 heteroatoms. The highest BCUT2D eigenvalue weighted by Crippen LogP contribution is 2.51. The monoisotopic (exact) mass is 406 g/mol. The Morgan fingerprint density at radius 3 is 1.42 bits per heavy atom. The zero-order valence-electron chi connectivity index (χ0n) is 11.7. The zero-order chi connectivity index (χ0) is 18.6. The summed E-state index contributed by atoms with van der Waals surface area (Å²) in [7, 11) is 0. The normalized spacial score (nSPS) is 14.4. The molecule has 0 aromatic heterocycles. The van der Waals surface area contributed by atoms with E-state index < -0.39 is 22.7 Å². The van der Waals surface area contributed by atoms with Crippen LogP contribution in [-0.2, 0) is 5.60 Å². The summed E-state index contributed by atoms with van der Waals surface area (Å²) in [5, 5.41) is 5.12. The van der Waals surface area contributed by atoms with E-state index in [9.17, 15) is 27.1 Å². The molecule has 0 saturated carbocycles. The average Bonchev–Trinajstić information content (AvgIpc) is 2.46. The summed E-state index contributed by atoms with van der Waals surface area (Å²) in [6.45, 7) is 0. The summed E-state index contributed by atoms with van der Waals surface area (Å²) in [5.41, 5.74) is -5.55. The average molecular weight is 408 g/mol. The van der Waals surface area contributed by atoms with Gasteiger partial charge in [-0.2, -0.15) is 22.0 Å². The third-order valence-electron chi connectivity index (χ3n) is 2.82. The lowest BCUT2D eigenvalue weighted by Gasteiger charge is -2.33. The van der Waals surface area contributed by atoms with Gasteiger partial charge in [-0.15, -0.1) is 0 Å². The molecule has 1 atom stereocenters. The molecule has 1 N–H and O–H groups in total. The molecule has 0 amide bonds. The molecule has 0 aliphatic heterocycles. The van der Waals surface area contributed by atoms with Crippen LogP contribution in [0, 0.1) is 0 Å². The first-order chi connectivity index (χ1) is 10.9. The van der Waals surface area contributed by atoms with Crippen molar-refractivity contribution >= 4 is 34.8 Å². The van der Waals surface area contributed by atoms with Crippen molar-refractivity contribution < 1.29 is 27.1 Å². The standard InChI is InChI=1S/C9H5Cl2F5O.C6H5Cl/c10-6-3-1-5(2-4-6)7(17,8(11,12)13)9(14,15)16;7-6-4-2-1-3-5-6/h1-4,17H;1-5H. The van der Waals surface area contributed by atoms with Crippen molar-refractivity contribution in [1.29, 1.82) is 0 Å². The molecule has 132 valence electrons. The van der Waals surface area contributed by atoms with E-state index in [1.807, 2.05) is 30.3 Å². The van der Waals surface area contributed by atoms with Crippen molar-refractivity contribution in [3.63, 3.8) is 0 Å². The molecule has 0 radical (unpaired) electrons. The lowest BCUT2D eigenvalue weighted by atomic mass is 9.93. The first-order valence-electron chi connectivity index (χ1n) is 6.22. The minimum atomic E-state index is -5.63. The molecule has 0 saturated heterocycles. The maximum atomic E-state index is 12.8. The molecular formula is C15H10Cl3F5O. The number of benzene rings is 2. The second-order valence-electron chi connectivity index (χ2n) is 4.51.